The van der Waals surface area contributed by atoms with E-state index < -0.39 is 5.91 Å². The van der Waals surface area contributed by atoms with Crippen molar-refractivity contribution >= 4 is 51.6 Å². The lowest BCUT2D eigenvalue weighted by molar-refractivity contribution is -0.133. The standard InChI is InChI=1S/C34H39N11O3.C15H18ClNO/c1-21-13-30(46)40-28-16-25(48-12-4-7-44-8-10-45(11-9-44)34-36-17-23(18-37-34)33(35)47)15-26(32(28)39-21)22-5-6-29-27(14-22)31(41-43(29)3)24-19-38-42(2)20-24;1-14(2)9-15(3,4)13(14)18-11-6-5-10(8-17)12(16)7-11/h5-6,14-21,39H,4,7-13H2,1-3H3,(H2,35,47)(H,40,46);5-7,13H,9H2,1-4H3. The van der Waals surface area contributed by atoms with Gasteiger partial charge in [0.25, 0.3) is 5.91 Å². The highest BCUT2D eigenvalue weighted by Crippen LogP contribution is 2.55. The lowest BCUT2D eigenvalue weighted by atomic mass is 9.53. The van der Waals surface area contributed by atoms with E-state index >= 15 is 0 Å². The predicted molar refractivity (Wildman–Crippen MR) is 257 cm³/mol. The highest BCUT2D eigenvalue weighted by molar-refractivity contribution is 6.31. The number of nitrogens with two attached hydrogens (primary N) is 1. The van der Waals surface area contributed by atoms with Crippen LogP contribution < -0.4 is 30.7 Å². The second-order valence-electron chi connectivity index (χ2n) is 18.9. The molecule has 0 spiro atoms. The van der Waals surface area contributed by atoms with Crippen molar-refractivity contribution in [3.05, 3.63) is 89.5 Å². The van der Waals surface area contributed by atoms with Gasteiger partial charge in [-0.15, -0.1) is 0 Å². The number of piperazine rings is 1. The molecule has 1 saturated heterocycles. The van der Waals surface area contributed by atoms with Crippen LogP contribution in [0.15, 0.2) is 73.3 Å². The molecule has 0 radical (unpaired) electrons. The fourth-order valence-electron chi connectivity index (χ4n) is 9.81. The summed E-state index contributed by atoms with van der Waals surface area (Å²) in [7, 11) is 3.84. The Kier molecular flexibility index (Phi) is 13.0. The molecular weight excluding hydrogens is 856 g/mol. The third-order valence-corrected chi connectivity index (χ3v) is 12.8. The van der Waals surface area contributed by atoms with Crippen molar-refractivity contribution in [2.45, 2.75) is 66.0 Å². The summed E-state index contributed by atoms with van der Waals surface area (Å²) < 4.78 is 16.1. The third kappa shape index (κ3) is 9.92. The topological polar surface area (TPSA) is 194 Å². The van der Waals surface area contributed by atoms with Gasteiger partial charge in [0.05, 0.1) is 45.8 Å². The number of hydrogen-bond acceptors (Lipinski definition) is 12. The lowest BCUT2D eigenvalue weighted by Crippen LogP contribution is -2.58. The summed E-state index contributed by atoms with van der Waals surface area (Å²) in [6, 6.07) is 17.5. The van der Waals surface area contributed by atoms with Crippen LogP contribution in [0.1, 0.15) is 69.8 Å². The van der Waals surface area contributed by atoms with Crippen molar-refractivity contribution < 1.29 is 19.1 Å². The molecule has 1 aliphatic carbocycles. The summed E-state index contributed by atoms with van der Waals surface area (Å²) in [6.07, 6.45) is 9.27. The van der Waals surface area contributed by atoms with E-state index in [0.717, 1.165) is 90.3 Å². The van der Waals surface area contributed by atoms with Crippen LogP contribution in [-0.4, -0.2) is 97.7 Å². The number of ether oxygens (including phenoxy) is 2. The highest BCUT2D eigenvalue weighted by Gasteiger charge is 2.55. The molecule has 2 amide bonds. The van der Waals surface area contributed by atoms with Crippen LogP contribution in [0.2, 0.25) is 5.02 Å². The van der Waals surface area contributed by atoms with Gasteiger partial charge < -0.3 is 30.7 Å². The van der Waals surface area contributed by atoms with Gasteiger partial charge >= 0.3 is 0 Å². The van der Waals surface area contributed by atoms with Gasteiger partial charge in [0, 0.05) is 117 Å². The Labute approximate surface area is 390 Å². The van der Waals surface area contributed by atoms with Crippen LogP contribution in [0.4, 0.5) is 17.3 Å². The van der Waals surface area contributed by atoms with Crippen molar-refractivity contribution in [2.24, 2.45) is 30.7 Å². The largest absolute Gasteiger partial charge is 0.493 e. The van der Waals surface area contributed by atoms with Gasteiger partial charge in [0.2, 0.25) is 11.9 Å². The van der Waals surface area contributed by atoms with Crippen molar-refractivity contribution in [3.63, 3.8) is 0 Å². The number of carbonyl (C=O) groups is 2. The Morgan fingerprint density at radius 1 is 0.970 bits per heavy atom. The van der Waals surface area contributed by atoms with Crippen LogP contribution in [0.3, 0.4) is 0 Å². The summed E-state index contributed by atoms with van der Waals surface area (Å²) in [5.74, 6) is 1.47. The Hall–Kier alpha value is -6.70. The number of halogens is 1. The van der Waals surface area contributed by atoms with Crippen LogP contribution in [-0.2, 0) is 18.9 Å². The summed E-state index contributed by atoms with van der Waals surface area (Å²) in [6.45, 7) is 15.6. The molecule has 344 valence electrons. The van der Waals surface area contributed by atoms with Gasteiger partial charge in [-0.2, -0.15) is 15.5 Å². The number of benzene rings is 3. The van der Waals surface area contributed by atoms with E-state index in [4.69, 9.17) is 37.2 Å². The second-order valence-corrected chi connectivity index (χ2v) is 19.3. The van der Waals surface area contributed by atoms with E-state index in [1.54, 1.807) is 16.8 Å². The molecule has 3 aromatic heterocycles. The van der Waals surface area contributed by atoms with Crippen LogP contribution in [0, 0.1) is 22.2 Å². The molecule has 1 unspecified atom stereocenters. The van der Waals surface area contributed by atoms with E-state index in [2.05, 4.69) is 87.5 Å². The molecular formula is C49H57ClN12O4. The van der Waals surface area contributed by atoms with E-state index in [9.17, 15) is 9.59 Å². The maximum Gasteiger partial charge on any atom is 0.251 e. The molecule has 3 aromatic carbocycles. The Morgan fingerprint density at radius 3 is 2.36 bits per heavy atom. The van der Waals surface area contributed by atoms with Gasteiger partial charge in [-0.1, -0.05) is 45.4 Å². The molecule has 66 heavy (non-hydrogen) atoms. The zero-order chi connectivity index (χ0) is 46.9. The monoisotopic (exact) mass is 912 g/mol. The Morgan fingerprint density at radius 2 is 1.71 bits per heavy atom. The number of nitrogens with one attached hydrogen (secondary N) is 2. The van der Waals surface area contributed by atoms with Crippen molar-refractivity contribution in [1.82, 2.24) is 34.4 Å². The second kappa shape index (κ2) is 18.7. The van der Waals surface area contributed by atoms with Crippen molar-refractivity contribution in [2.75, 3.05) is 54.9 Å². The zero-order valence-electron chi connectivity index (χ0n) is 38.6. The number of amides is 2. The molecule has 5 heterocycles. The molecule has 9 rings (SSSR count). The van der Waals surface area contributed by atoms with Crippen LogP contribution in [0.25, 0.3) is 33.3 Å². The van der Waals surface area contributed by atoms with E-state index in [0.29, 0.717) is 46.6 Å². The average molecular weight is 914 g/mol. The van der Waals surface area contributed by atoms with Gasteiger partial charge in [-0.05, 0) is 55.7 Å². The Balaban J connectivity index is 0.000000275. The molecule has 3 aliphatic rings. The fourth-order valence-corrected chi connectivity index (χ4v) is 10.0. The molecule has 1 atom stereocenters. The number of aryl methyl sites for hydroxylation is 2. The van der Waals surface area contributed by atoms with E-state index in [1.807, 2.05) is 56.3 Å². The smallest absolute Gasteiger partial charge is 0.251 e. The number of primary amides is 1. The first-order valence-corrected chi connectivity index (χ1v) is 22.6. The third-order valence-electron chi connectivity index (χ3n) is 12.5. The molecule has 0 bridgehead atoms. The Bertz CT molecular complexity index is 2790. The quantitative estimate of drug-likeness (QED) is 0.108. The summed E-state index contributed by atoms with van der Waals surface area (Å²) in [5, 5.41) is 26.1. The summed E-state index contributed by atoms with van der Waals surface area (Å²) >= 11 is 6.01. The minimum absolute atomic E-state index is 0.0354. The SMILES string of the molecule is CC1(C)CC(C)(C)C1Oc1ccc(C#N)c(Cl)c1.CC1CC(=O)Nc2cc(OCCCN3CCN(c4ncc(C(N)=O)cn4)CC3)cc(-c3ccc4c(c3)c(-c3cnn(C)c3)nn4C)c2N1. The molecule has 4 N–H and O–H groups in total. The molecule has 17 heteroatoms. The zero-order valence-corrected chi connectivity index (χ0v) is 39.3. The van der Waals surface area contributed by atoms with E-state index in [1.165, 1.54) is 12.4 Å². The number of nitriles is 1. The van der Waals surface area contributed by atoms with Gasteiger partial charge in [-0.25, -0.2) is 9.97 Å². The van der Waals surface area contributed by atoms with Gasteiger partial charge in [0.1, 0.15) is 29.4 Å². The molecule has 2 fully saturated rings. The molecule has 16 nitrogen and oxygen atoms in total. The molecule has 2 aliphatic heterocycles. The normalized spacial score (nSPS) is 17.8. The van der Waals surface area contributed by atoms with Crippen molar-refractivity contribution in [1.29, 1.82) is 5.26 Å². The fraction of sp³-hybridized carbons (Fsp3) is 0.408. The minimum atomic E-state index is -0.534. The number of carbonyl (C=O) groups excluding carboxylic acids is 2. The first-order chi connectivity index (χ1) is 31.5. The summed E-state index contributed by atoms with van der Waals surface area (Å²) in [5.41, 5.74) is 12.8. The lowest BCUT2D eigenvalue weighted by Gasteiger charge is -2.56. The summed E-state index contributed by atoms with van der Waals surface area (Å²) in [4.78, 5) is 37.2. The number of nitrogens with zero attached hydrogens (tertiary/aromatic N) is 9. The van der Waals surface area contributed by atoms with E-state index in [-0.39, 0.29) is 28.9 Å². The number of fused-ring (bicyclic) bond motifs is 2. The molecule has 1 saturated carbocycles. The van der Waals surface area contributed by atoms with Gasteiger partial charge in [0.15, 0.2) is 0 Å². The van der Waals surface area contributed by atoms with Crippen LogP contribution in [0.5, 0.6) is 11.5 Å². The van der Waals surface area contributed by atoms with Gasteiger partial charge in [-0.3, -0.25) is 23.9 Å². The van der Waals surface area contributed by atoms with Crippen LogP contribution >= 0.6 is 11.6 Å². The number of aromatic nitrogens is 6. The maximum atomic E-state index is 12.7. The number of rotatable bonds is 11. The highest BCUT2D eigenvalue weighted by atomic mass is 35.5. The number of hydrogen-bond donors (Lipinski definition) is 3. The first-order valence-electron chi connectivity index (χ1n) is 22.3. The maximum absolute atomic E-state index is 12.7. The number of anilines is 3. The first kappa shape index (κ1) is 45.9. The predicted octanol–water partition coefficient (Wildman–Crippen LogP) is 7.68. The molecule has 6 aromatic rings. The van der Waals surface area contributed by atoms with Crippen molar-refractivity contribution in [3.8, 4) is 40.0 Å². The average Bonchev–Trinajstić information content (AvgIpc) is 3.82. The minimum Gasteiger partial charge on any atom is -0.493 e.